The van der Waals surface area contributed by atoms with Gasteiger partial charge >= 0.3 is 0 Å². The molecule has 0 aliphatic carbocycles. The standard InChI is InChI=1S/C7H14O2/c1-4-6-7(3,5-2)9-8/h5,8H,2,4,6H2,1,3H3. The summed E-state index contributed by atoms with van der Waals surface area (Å²) >= 11 is 0. The minimum atomic E-state index is -0.547. The van der Waals surface area contributed by atoms with E-state index in [4.69, 9.17) is 5.26 Å². The zero-order chi connectivity index (χ0) is 7.33. The van der Waals surface area contributed by atoms with Crippen LogP contribution < -0.4 is 0 Å². The van der Waals surface area contributed by atoms with Crippen LogP contribution in [0.5, 0.6) is 0 Å². The van der Waals surface area contributed by atoms with Gasteiger partial charge < -0.3 is 0 Å². The SMILES string of the molecule is C=CC(C)(CCC)OO. The normalized spacial score (nSPS) is 16.8. The molecule has 1 unspecified atom stereocenters. The fourth-order valence-electron chi connectivity index (χ4n) is 0.681. The average molecular weight is 130 g/mol. The Balaban J connectivity index is 3.76. The second kappa shape index (κ2) is 3.64. The first-order chi connectivity index (χ1) is 4.18. The number of rotatable bonds is 4. The van der Waals surface area contributed by atoms with E-state index in [9.17, 15) is 0 Å². The van der Waals surface area contributed by atoms with Crippen molar-refractivity contribution >= 4 is 0 Å². The van der Waals surface area contributed by atoms with Crippen LogP contribution in [0.15, 0.2) is 12.7 Å². The predicted molar refractivity (Wildman–Crippen MR) is 37.2 cm³/mol. The van der Waals surface area contributed by atoms with Crippen molar-refractivity contribution in [1.29, 1.82) is 0 Å². The van der Waals surface area contributed by atoms with E-state index in [0.29, 0.717) is 0 Å². The molecule has 0 rings (SSSR count). The van der Waals surface area contributed by atoms with Gasteiger partial charge in [-0.05, 0) is 13.3 Å². The van der Waals surface area contributed by atoms with Gasteiger partial charge in [-0.15, -0.1) is 6.58 Å². The minimum absolute atomic E-state index is 0.547. The maximum absolute atomic E-state index is 8.35. The molecule has 54 valence electrons. The summed E-state index contributed by atoms with van der Waals surface area (Å²) in [6.07, 6.45) is 3.38. The molecule has 2 nitrogen and oxygen atoms in total. The second-order valence-electron chi connectivity index (χ2n) is 2.36. The molecule has 9 heavy (non-hydrogen) atoms. The summed E-state index contributed by atoms with van der Waals surface area (Å²) in [5.74, 6) is 0. The van der Waals surface area contributed by atoms with Gasteiger partial charge in [0.2, 0.25) is 0 Å². The number of hydrogen-bond donors (Lipinski definition) is 1. The quantitative estimate of drug-likeness (QED) is 0.359. The highest BCUT2D eigenvalue weighted by Gasteiger charge is 2.18. The van der Waals surface area contributed by atoms with Crippen molar-refractivity contribution in [2.45, 2.75) is 32.3 Å². The Bertz CT molecular complexity index is 90.9. The van der Waals surface area contributed by atoms with E-state index in [1.165, 1.54) is 0 Å². The molecule has 0 fully saturated rings. The van der Waals surface area contributed by atoms with Crippen LogP contribution in [0.4, 0.5) is 0 Å². The first-order valence-electron chi connectivity index (χ1n) is 3.14. The van der Waals surface area contributed by atoms with Crippen molar-refractivity contribution < 1.29 is 10.1 Å². The summed E-state index contributed by atoms with van der Waals surface area (Å²) in [5.41, 5.74) is -0.547. The van der Waals surface area contributed by atoms with Crippen LogP contribution in [-0.2, 0) is 4.89 Å². The van der Waals surface area contributed by atoms with Gasteiger partial charge in [0.1, 0.15) is 5.60 Å². The third-order valence-corrected chi connectivity index (χ3v) is 1.39. The first-order valence-corrected chi connectivity index (χ1v) is 3.14. The van der Waals surface area contributed by atoms with Gasteiger partial charge in [-0.2, -0.15) is 0 Å². The highest BCUT2D eigenvalue weighted by molar-refractivity contribution is 4.91. The van der Waals surface area contributed by atoms with E-state index >= 15 is 0 Å². The van der Waals surface area contributed by atoms with Crippen LogP contribution in [-0.4, -0.2) is 10.9 Å². The lowest BCUT2D eigenvalue weighted by Gasteiger charge is -2.19. The third kappa shape index (κ3) is 2.63. The van der Waals surface area contributed by atoms with Crippen molar-refractivity contribution in [3.05, 3.63) is 12.7 Å². The Kier molecular flexibility index (Phi) is 3.50. The molecule has 0 aliphatic heterocycles. The summed E-state index contributed by atoms with van der Waals surface area (Å²) in [5, 5.41) is 8.35. The van der Waals surface area contributed by atoms with Gasteiger partial charge in [-0.1, -0.05) is 19.4 Å². The topological polar surface area (TPSA) is 29.5 Å². The van der Waals surface area contributed by atoms with Crippen molar-refractivity contribution in [2.75, 3.05) is 0 Å². The van der Waals surface area contributed by atoms with E-state index < -0.39 is 5.60 Å². The highest BCUT2D eigenvalue weighted by Crippen LogP contribution is 2.16. The van der Waals surface area contributed by atoms with Crippen molar-refractivity contribution in [2.24, 2.45) is 0 Å². The predicted octanol–water partition coefficient (Wildman–Crippen LogP) is 2.22. The molecule has 0 heterocycles. The van der Waals surface area contributed by atoms with E-state index in [1.807, 2.05) is 6.92 Å². The van der Waals surface area contributed by atoms with Gasteiger partial charge in [0.05, 0.1) is 0 Å². The Morgan fingerprint density at radius 1 is 1.78 bits per heavy atom. The molecular formula is C7H14O2. The molecule has 2 heteroatoms. The van der Waals surface area contributed by atoms with Crippen molar-refractivity contribution in [3.8, 4) is 0 Å². The molecule has 0 aliphatic rings. The van der Waals surface area contributed by atoms with E-state index in [1.54, 1.807) is 13.0 Å². The van der Waals surface area contributed by atoms with Gasteiger partial charge in [0.15, 0.2) is 0 Å². The fraction of sp³-hybridized carbons (Fsp3) is 0.714. The van der Waals surface area contributed by atoms with Crippen LogP contribution in [0.1, 0.15) is 26.7 Å². The molecule has 0 spiro atoms. The molecule has 0 bridgehead atoms. The van der Waals surface area contributed by atoms with Gasteiger partial charge in [0, 0.05) is 0 Å². The van der Waals surface area contributed by atoms with Crippen molar-refractivity contribution in [3.63, 3.8) is 0 Å². The fourth-order valence-corrected chi connectivity index (χ4v) is 0.681. The zero-order valence-corrected chi connectivity index (χ0v) is 6.05. The molecule has 0 saturated carbocycles. The molecule has 0 aromatic heterocycles. The van der Waals surface area contributed by atoms with Crippen LogP contribution in [0.25, 0.3) is 0 Å². The van der Waals surface area contributed by atoms with Crippen LogP contribution in [0, 0.1) is 0 Å². The summed E-state index contributed by atoms with van der Waals surface area (Å²) in [7, 11) is 0. The van der Waals surface area contributed by atoms with E-state index in [2.05, 4.69) is 11.5 Å². The van der Waals surface area contributed by atoms with Gasteiger partial charge in [0.25, 0.3) is 0 Å². The largest absolute Gasteiger partial charge is 0.251 e. The first kappa shape index (κ1) is 8.66. The molecular weight excluding hydrogens is 116 g/mol. The summed E-state index contributed by atoms with van der Waals surface area (Å²) < 4.78 is 0. The van der Waals surface area contributed by atoms with Crippen LogP contribution in [0.2, 0.25) is 0 Å². The smallest absolute Gasteiger partial charge is 0.118 e. The third-order valence-electron chi connectivity index (χ3n) is 1.39. The van der Waals surface area contributed by atoms with Crippen LogP contribution >= 0.6 is 0 Å². The monoisotopic (exact) mass is 130 g/mol. The molecule has 0 radical (unpaired) electrons. The van der Waals surface area contributed by atoms with Gasteiger partial charge in [-0.25, -0.2) is 4.89 Å². The molecule has 1 atom stereocenters. The minimum Gasteiger partial charge on any atom is -0.251 e. The lowest BCUT2D eigenvalue weighted by Crippen LogP contribution is -2.23. The zero-order valence-electron chi connectivity index (χ0n) is 6.05. The Morgan fingerprint density at radius 3 is 2.44 bits per heavy atom. The number of hydrogen-bond acceptors (Lipinski definition) is 2. The molecule has 0 aromatic carbocycles. The molecule has 0 aromatic rings. The van der Waals surface area contributed by atoms with E-state index in [0.717, 1.165) is 12.8 Å². The Hall–Kier alpha value is -0.340. The van der Waals surface area contributed by atoms with Gasteiger partial charge in [-0.3, -0.25) is 5.26 Å². The highest BCUT2D eigenvalue weighted by atomic mass is 17.1. The lowest BCUT2D eigenvalue weighted by molar-refractivity contribution is -0.303. The molecule has 1 N–H and O–H groups in total. The average Bonchev–Trinajstić information content (AvgIpc) is 1.89. The lowest BCUT2D eigenvalue weighted by atomic mass is 10.0. The maximum Gasteiger partial charge on any atom is 0.118 e. The maximum atomic E-state index is 8.35. The Labute approximate surface area is 56.1 Å². The summed E-state index contributed by atoms with van der Waals surface area (Å²) in [6.45, 7) is 7.36. The second-order valence-corrected chi connectivity index (χ2v) is 2.36. The summed E-state index contributed by atoms with van der Waals surface area (Å²) in [6, 6.07) is 0. The Morgan fingerprint density at radius 2 is 2.33 bits per heavy atom. The molecule has 0 saturated heterocycles. The van der Waals surface area contributed by atoms with Crippen molar-refractivity contribution in [1.82, 2.24) is 0 Å². The van der Waals surface area contributed by atoms with Crippen LogP contribution in [0.3, 0.4) is 0 Å². The van der Waals surface area contributed by atoms with E-state index in [-0.39, 0.29) is 0 Å². The molecule has 0 amide bonds. The summed E-state index contributed by atoms with van der Waals surface area (Å²) in [4.78, 5) is 4.21.